The zero-order valence-corrected chi connectivity index (χ0v) is 23.7. The molecule has 0 aliphatic carbocycles. The summed E-state index contributed by atoms with van der Waals surface area (Å²) in [7, 11) is 1.45. The molecule has 0 saturated carbocycles. The minimum Gasteiger partial charge on any atom is -0.493 e. The van der Waals surface area contributed by atoms with Gasteiger partial charge in [-0.2, -0.15) is 0 Å². The van der Waals surface area contributed by atoms with Gasteiger partial charge in [-0.15, -0.1) is 0 Å². The number of hydrogen-bond donors (Lipinski definition) is 0. The van der Waals surface area contributed by atoms with Gasteiger partial charge in [-0.25, -0.2) is 4.79 Å². The molecule has 1 heterocycles. The van der Waals surface area contributed by atoms with Crippen LogP contribution in [0.1, 0.15) is 15.9 Å². The SMILES string of the molecule is COc1cc(/C=C2\SC(=O)N(CCOc3ccc(Cl)cc3)C2=O)cc(I)c1OC(=O)c1ccc(Cl)cc1. The van der Waals surface area contributed by atoms with Gasteiger partial charge in [-0.1, -0.05) is 23.2 Å². The van der Waals surface area contributed by atoms with Gasteiger partial charge >= 0.3 is 5.97 Å². The number of esters is 1. The predicted octanol–water partition coefficient (Wildman–Crippen LogP) is 6.94. The van der Waals surface area contributed by atoms with Crippen LogP contribution in [0, 0.1) is 3.57 Å². The second kappa shape index (κ2) is 12.2. The maximum absolute atomic E-state index is 12.9. The highest BCUT2D eigenvalue weighted by Gasteiger charge is 2.35. The highest BCUT2D eigenvalue weighted by Crippen LogP contribution is 2.37. The molecule has 1 aliphatic heterocycles. The van der Waals surface area contributed by atoms with E-state index in [1.54, 1.807) is 66.7 Å². The number of carbonyl (C=O) groups excluding carboxylic acids is 3. The molecule has 2 amide bonds. The average Bonchev–Trinajstić information content (AvgIpc) is 3.14. The van der Waals surface area contributed by atoms with E-state index in [4.69, 9.17) is 37.4 Å². The molecule has 3 aromatic rings. The monoisotopic (exact) mass is 669 g/mol. The fraction of sp³-hybridized carbons (Fsp3) is 0.115. The van der Waals surface area contributed by atoms with Crippen molar-refractivity contribution in [2.75, 3.05) is 20.3 Å². The van der Waals surface area contributed by atoms with Gasteiger partial charge in [0.2, 0.25) is 0 Å². The van der Waals surface area contributed by atoms with Crippen molar-refractivity contribution in [3.63, 3.8) is 0 Å². The molecule has 1 aliphatic rings. The normalized spacial score (nSPS) is 14.3. The average molecular weight is 670 g/mol. The Morgan fingerprint density at radius 1 is 1.03 bits per heavy atom. The van der Waals surface area contributed by atoms with Crippen molar-refractivity contribution >= 4 is 80.7 Å². The number of ether oxygens (including phenoxy) is 3. The Bertz CT molecular complexity index is 1380. The maximum Gasteiger partial charge on any atom is 0.343 e. The largest absolute Gasteiger partial charge is 0.493 e. The Balaban J connectivity index is 1.46. The number of benzene rings is 3. The van der Waals surface area contributed by atoms with Crippen LogP contribution in [-0.2, 0) is 4.79 Å². The molecule has 11 heteroatoms. The van der Waals surface area contributed by atoms with Crippen LogP contribution in [0.5, 0.6) is 17.2 Å². The van der Waals surface area contributed by atoms with E-state index in [1.165, 1.54) is 7.11 Å². The highest BCUT2D eigenvalue weighted by molar-refractivity contribution is 14.1. The number of thioether (sulfide) groups is 1. The maximum atomic E-state index is 12.9. The van der Waals surface area contributed by atoms with E-state index in [-0.39, 0.29) is 29.0 Å². The number of halogens is 3. The molecule has 0 atom stereocenters. The third-order valence-electron chi connectivity index (χ3n) is 5.10. The number of rotatable bonds is 8. The highest BCUT2D eigenvalue weighted by atomic mass is 127. The molecule has 3 aromatic carbocycles. The van der Waals surface area contributed by atoms with Crippen LogP contribution in [0.2, 0.25) is 10.0 Å². The van der Waals surface area contributed by atoms with Crippen LogP contribution in [0.25, 0.3) is 6.08 Å². The number of nitrogens with zero attached hydrogens (tertiary/aromatic N) is 1. The van der Waals surface area contributed by atoms with Gasteiger partial charge in [0.15, 0.2) is 11.5 Å². The van der Waals surface area contributed by atoms with E-state index in [0.29, 0.717) is 36.2 Å². The van der Waals surface area contributed by atoms with Crippen LogP contribution in [-0.4, -0.2) is 42.3 Å². The lowest BCUT2D eigenvalue weighted by atomic mass is 10.1. The standard InChI is InChI=1S/C26H18Cl2INO6S/c1-34-21-13-15(12-20(29)23(21)36-25(32)16-2-4-17(27)5-3-16)14-22-24(31)30(26(33)37-22)10-11-35-19-8-6-18(28)7-9-19/h2-9,12-14H,10-11H2,1H3/b22-14-. The van der Waals surface area contributed by atoms with Crippen LogP contribution >= 0.6 is 57.6 Å². The minimum atomic E-state index is -0.567. The smallest absolute Gasteiger partial charge is 0.343 e. The van der Waals surface area contributed by atoms with E-state index in [9.17, 15) is 14.4 Å². The van der Waals surface area contributed by atoms with Gasteiger partial charge in [-0.3, -0.25) is 14.5 Å². The van der Waals surface area contributed by atoms with Gasteiger partial charge in [0.05, 0.1) is 27.7 Å². The van der Waals surface area contributed by atoms with Gasteiger partial charge in [0.1, 0.15) is 12.4 Å². The molecule has 1 fully saturated rings. The second-order valence-corrected chi connectivity index (χ2v) is 10.6. The van der Waals surface area contributed by atoms with Crippen molar-refractivity contribution in [2.24, 2.45) is 0 Å². The van der Waals surface area contributed by atoms with Crippen molar-refractivity contribution in [3.05, 3.63) is 90.3 Å². The Morgan fingerprint density at radius 2 is 1.68 bits per heavy atom. The van der Waals surface area contributed by atoms with E-state index < -0.39 is 11.9 Å². The van der Waals surface area contributed by atoms with Crippen molar-refractivity contribution in [2.45, 2.75) is 0 Å². The number of hydrogen-bond acceptors (Lipinski definition) is 7. The van der Waals surface area contributed by atoms with Crippen molar-refractivity contribution in [1.82, 2.24) is 4.90 Å². The first-order valence-corrected chi connectivity index (χ1v) is 13.4. The lowest BCUT2D eigenvalue weighted by molar-refractivity contribution is -0.123. The van der Waals surface area contributed by atoms with E-state index in [2.05, 4.69) is 0 Å². The van der Waals surface area contributed by atoms with Crippen LogP contribution in [0.15, 0.2) is 65.6 Å². The van der Waals surface area contributed by atoms with E-state index in [1.807, 2.05) is 22.6 Å². The fourth-order valence-electron chi connectivity index (χ4n) is 3.29. The Kier molecular flexibility index (Phi) is 9.01. The molecule has 190 valence electrons. The van der Waals surface area contributed by atoms with Gasteiger partial charge in [0.25, 0.3) is 11.1 Å². The number of carbonyl (C=O) groups is 3. The van der Waals surface area contributed by atoms with Crippen molar-refractivity contribution in [3.8, 4) is 17.2 Å². The lowest BCUT2D eigenvalue weighted by Crippen LogP contribution is -2.32. The first kappa shape index (κ1) is 27.3. The third-order valence-corrected chi connectivity index (χ3v) is 7.31. The molecular formula is C26H18Cl2INO6S. The Hall–Kier alpha value is -2.73. The van der Waals surface area contributed by atoms with Gasteiger partial charge in [0, 0.05) is 10.0 Å². The molecule has 7 nitrogen and oxygen atoms in total. The summed E-state index contributed by atoms with van der Waals surface area (Å²) in [4.78, 5) is 39.3. The van der Waals surface area contributed by atoms with E-state index in [0.717, 1.165) is 16.7 Å². The van der Waals surface area contributed by atoms with E-state index >= 15 is 0 Å². The van der Waals surface area contributed by atoms with Gasteiger partial charge < -0.3 is 14.2 Å². The second-order valence-electron chi connectivity index (χ2n) is 7.57. The first-order valence-electron chi connectivity index (χ1n) is 10.7. The predicted molar refractivity (Wildman–Crippen MR) is 152 cm³/mol. The summed E-state index contributed by atoms with van der Waals surface area (Å²) in [6.07, 6.45) is 1.60. The van der Waals surface area contributed by atoms with Crippen molar-refractivity contribution in [1.29, 1.82) is 0 Å². The number of amides is 2. The molecule has 0 unspecified atom stereocenters. The van der Waals surface area contributed by atoms with Crippen LogP contribution in [0.4, 0.5) is 4.79 Å². The summed E-state index contributed by atoms with van der Waals surface area (Å²) in [6.45, 7) is 0.247. The fourth-order valence-corrected chi connectivity index (χ4v) is 5.14. The van der Waals surface area contributed by atoms with Gasteiger partial charge in [-0.05, 0) is 107 Å². The first-order chi connectivity index (χ1) is 17.7. The molecule has 1 saturated heterocycles. The number of methoxy groups -OCH3 is 1. The zero-order valence-electron chi connectivity index (χ0n) is 19.2. The molecule has 0 radical (unpaired) electrons. The third kappa shape index (κ3) is 6.78. The zero-order chi connectivity index (χ0) is 26.5. The summed E-state index contributed by atoms with van der Waals surface area (Å²) in [6, 6.07) is 16.5. The molecule has 4 rings (SSSR count). The van der Waals surface area contributed by atoms with Crippen LogP contribution < -0.4 is 14.2 Å². The quantitative estimate of drug-likeness (QED) is 0.111. The summed E-state index contributed by atoms with van der Waals surface area (Å²) in [5.74, 6) is 0.152. The molecule has 0 spiro atoms. The molecule has 0 bridgehead atoms. The lowest BCUT2D eigenvalue weighted by Gasteiger charge is -2.13. The Morgan fingerprint density at radius 3 is 2.32 bits per heavy atom. The summed E-state index contributed by atoms with van der Waals surface area (Å²) >= 11 is 14.6. The summed E-state index contributed by atoms with van der Waals surface area (Å²) < 4.78 is 17.2. The van der Waals surface area contributed by atoms with Crippen LogP contribution in [0.3, 0.4) is 0 Å². The topological polar surface area (TPSA) is 82.1 Å². The number of imide groups is 1. The molecule has 37 heavy (non-hydrogen) atoms. The minimum absolute atomic E-state index is 0.102. The molecule has 0 N–H and O–H groups in total. The summed E-state index contributed by atoms with van der Waals surface area (Å²) in [5, 5.41) is 0.708. The van der Waals surface area contributed by atoms with Crippen molar-refractivity contribution < 1.29 is 28.6 Å². The Labute approximate surface area is 240 Å². The summed E-state index contributed by atoms with van der Waals surface area (Å²) in [5.41, 5.74) is 0.940. The molecular weight excluding hydrogens is 652 g/mol. The molecule has 0 aromatic heterocycles.